The molecule has 0 bridgehead atoms. The highest BCUT2D eigenvalue weighted by Crippen LogP contribution is 2.31. The molecule has 0 saturated heterocycles. The summed E-state index contributed by atoms with van der Waals surface area (Å²) in [6.07, 6.45) is 5.17. The van der Waals surface area contributed by atoms with Crippen LogP contribution < -0.4 is 0 Å². The molecule has 0 saturated carbocycles. The first kappa shape index (κ1) is 17.6. The normalized spacial score (nSPS) is 10.7. The van der Waals surface area contributed by atoms with Crippen LogP contribution in [0.25, 0.3) is 0 Å². The predicted molar refractivity (Wildman–Crippen MR) is 82.1 cm³/mol. The van der Waals surface area contributed by atoms with E-state index in [0.717, 1.165) is 6.07 Å². The van der Waals surface area contributed by atoms with Crippen molar-refractivity contribution in [1.82, 2.24) is 9.13 Å². The Morgan fingerprint density at radius 1 is 1.24 bits per heavy atom. The number of nitro groups is 1. The second-order valence-electron chi connectivity index (χ2n) is 4.13. The van der Waals surface area contributed by atoms with Crippen LogP contribution in [0.5, 0.6) is 0 Å². The molecule has 2 aromatic rings. The first-order valence-electron chi connectivity index (χ1n) is 5.62. The van der Waals surface area contributed by atoms with Crippen LogP contribution >= 0.6 is 34.8 Å². The van der Waals surface area contributed by atoms with Crippen molar-refractivity contribution in [2.24, 2.45) is 14.1 Å². The summed E-state index contributed by atoms with van der Waals surface area (Å²) in [5.74, 6) is -0.803. The number of hydrogen-bond donors (Lipinski definition) is 0. The fourth-order valence-electron chi connectivity index (χ4n) is 1.44. The number of nitrogens with zero attached hydrogens (tertiary/aromatic N) is 3. The van der Waals surface area contributed by atoms with Crippen LogP contribution in [0.1, 0.15) is 10.5 Å². The largest absolute Gasteiger partial charge is 0.357 e. The molecule has 0 unspecified atom stereocenters. The summed E-state index contributed by atoms with van der Waals surface area (Å²) in [6.45, 7) is 0. The van der Waals surface area contributed by atoms with Crippen LogP contribution in [0, 0.1) is 10.1 Å². The zero-order chi connectivity index (χ0) is 16.2. The maximum Gasteiger partial charge on any atom is 0.287 e. The number of carbonyl (C=O) groups excluding carboxylic acids is 1. The van der Waals surface area contributed by atoms with Gasteiger partial charge >= 0.3 is 0 Å². The highest BCUT2D eigenvalue weighted by atomic mass is 35.6. The SMILES string of the molecule is Cn1cc([N+](=O)[O-])cc1C(=O)C(Cl)(Cl)Cl.Cn1cccc1. The van der Waals surface area contributed by atoms with Gasteiger partial charge in [0, 0.05) is 32.6 Å². The van der Waals surface area contributed by atoms with Gasteiger partial charge in [-0.25, -0.2) is 0 Å². The van der Waals surface area contributed by atoms with E-state index >= 15 is 0 Å². The van der Waals surface area contributed by atoms with Crippen LogP contribution in [0.4, 0.5) is 5.69 Å². The van der Waals surface area contributed by atoms with Crippen molar-refractivity contribution in [3.8, 4) is 0 Å². The molecule has 21 heavy (non-hydrogen) atoms. The smallest absolute Gasteiger partial charge is 0.287 e. The summed E-state index contributed by atoms with van der Waals surface area (Å²) < 4.78 is 1.13. The fourth-order valence-corrected chi connectivity index (χ4v) is 1.73. The van der Waals surface area contributed by atoms with E-state index in [1.54, 1.807) is 0 Å². The lowest BCUT2D eigenvalue weighted by molar-refractivity contribution is -0.384. The van der Waals surface area contributed by atoms with Crippen molar-refractivity contribution in [3.63, 3.8) is 0 Å². The summed E-state index contributed by atoms with van der Waals surface area (Å²) in [7, 11) is 3.46. The lowest BCUT2D eigenvalue weighted by atomic mass is 10.3. The number of halogens is 3. The Labute approximate surface area is 136 Å². The average Bonchev–Trinajstić information content (AvgIpc) is 2.97. The third kappa shape index (κ3) is 5.08. The van der Waals surface area contributed by atoms with Crippen LogP contribution in [0.3, 0.4) is 0 Å². The van der Waals surface area contributed by atoms with Crippen molar-refractivity contribution in [3.05, 3.63) is 52.6 Å². The van der Waals surface area contributed by atoms with E-state index in [0.29, 0.717) is 0 Å². The van der Waals surface area contributed by atoms with E-state index in [9.17, 15) is 14.9 Å². The minimum absolute atomic E-state index is 0.0262. The van der Waals surface area contributed by atoms with Gasteiger partial charge in [-0.2, -0.15) is 0 Å². The molecule has 0 aliphatic carbocycles. The van der Waals surface area contributed by atoms with E-state index in [1.165, 1.54) is 17.8 Å². The van der Waals surface area contributed by atoms with Crippen molar-refractivity contribution in [1.29, 1.82) is 0 Å². The fraction of sp³-hybridized carbons (Fsp3) is 0.250. The predicted octanol–water partition coefficient (Wildman–Crippen LogP) is 3.51. The number of aryl methyl sites for hydroxylation is 2. The molecule has 2 aromatic heterocycles. The van der Waals surface area contributed by atoms with Gasteiger partial charge in [0.2, 0.25) is 5.78 Å². The Morgan fingerprint density at radius 3 is 2.05 bits per heavy atom. The Kier molecular flexibility index (Phi) is 5.83. The molecule has 0 fully saturated rings. The van der Waals surface area contributed by atoms with Crippen LogP contribution in [-0.2, 0) is 14.1 Å². The number of ketones is 1. The molecule has 6 nitrogen and oxygen atoms in total. The van der Waals surface area contributed by atoms with E-state index in [2.05, 4.69) is 0 Å². The van der Waals surface area contributed by atoms with Crippen LogP contribution in [0.2, 0.25) is 0 Å². The van der Waals surface area contributed by atoms with Crippen molar-refractivity contribution in [2.45, 2.75) is 3.79 Å². The maximum absolute atomic E-state index is 11.5. The van der Waals surface area contributed by atoms with Gasteiger partial charge in [0.15, 0.2) is 0 Å². The van der Waals surface area contributed by atoms with Gasteiger partial charge in [0.1, 0.15) is 0 Å². The molecule has 2 rings (SSSR count). The average molecular weight is 353 g/mol. The molecular weight excluding hydrogens is 341 g/mol. The van der Waals surface area contributed by atoms with Gasteiger partial charge < -0.3 is 9.13 Å². The lowest BCUT2D eigenvalue weighted by Gasteiger charge is -2.08. The Morgan fingerprint density at radius 2 is 1.76 bits per heavy atom. The number of rotatable bonds is 2. The molecule has 0 atom stereocenters. The van der Waals surface area contributed by atoms with Crippen molar-refractivity contribution in [2.75, 3.05) is 0 Å². The quantitative estimate of drug-likeness (QED) is 0.359. The molecule has 114 valence electrons. The lowest BCUT2D eigenvalue weighted by Crippen LogP contribution is -2.21. The van der Waals surface area contributed by atoms with Gasteiger partial charge in [0.05, 0.1) is 16.8 Å². The topological polar surface area (TPSA) is 70.1 Å². The first-order chi connectivity index (χ1) is 9.62. The van der Waals surface area contributed by atoms with E-state index < -0.39 is 14.5 Å². The molecule has 2 heterocycles. The molecule has 0 aliphatic rings. The highest BCUT2D eigenvalue weighted by Gasteiger charge is 2.34. The molecule has 0 aromatic carbocycles. The second-order valence-corrected chi connectivity index (χ2v) is 6.41. The molecule has 0 amide bonds. The monoisotopic (exact) mass is 351 g/mol. The number of alkyl halides is 3. The summed E-state index contributed by atoms with van der Waals surface area (Å²) in [5, 5.41) is 10.4. The summed E-state index contributed by atoms with van der Waals surface area (Å²) in [6, 6.07) is 5.06. The summed E-state index contributed by atoms with van der Waals surface area (Å²) in [5.41, 5.74) is -0.253. The van der Waals surface area contributed by atoms with Gasteiger partial charge in [0.25, 0.3) is 9.48 Å². The van der Waals surface area contributed by atoms with Gasteiger partial charge in [-0.3, -0.25) is 14.9 Å². The maximum atomic E-state index is 11.5. The summed E-state index contributed by atoms with van der Waals surface area (Å²) >= 11 is 16.1. The number of aromatic nitrogens is 2. The number of Topliss-reactive ketones (excluding diaryl/α,β-unsaturated/α-hetero) is 1. The molecule has 0 aliphatic heterocycles. The van der Waals surface area contributed by atoms with Crippen molar-refractivity contribution < 1.29 is 9.72 Å². The van der Waals surface area contributed by atoms with Gasteiger partial charge in [-0.1, -0.05) is 34.8 Å². The minimum Gasteiger partial charge on any atom is -0.357 e. The van der Waals surface area contributed by atoms with E-state index in [-0.39, 0.29) is 11.4 Å². The third-order valence-corrected chi connectivity index (χ3v) is 2.96. The number of carbonyl (C=O) groups is 1. The molecule has 9 heteroatoms. The zero-order valence-electron chi connectivity index (χ0n) is 11.2. The highest BCUT2D eigenvalue weighted by molar-refractivity contribution is 6.77. The molecule has 0 N–H and O–H groups in total. The number of hydrogen-bond acceptors (Lipinski definition) is 3. The van der Waals surface area contributed by atoms with Gasteiger partial charge in [-0.15, -0.1) is 0 Å². The van der Waals surface area contributed by atoms with Crippen LogP contribution in [0.15, 0.2) is 36.8 Å². The van der Waals surface area contributed by atoms with E-state index in [1.807, 2.05) is 36.1 Å². The molecular formula is C12H12Cl3N3O3. The Hall–Kier alpha value is -1.50. The standard InChI is InChI=1S/C7H5Cl3N2O3.C5H7N/c1-11-3-4(12(14)15)2-5(11)6(13)7(8,9)10;1-6-4-2-3-5-6/h2-3H,1H3;2-5H,1H3. The molecule has 0 radical (unpaired) electrons. The summed E-state index contributed by atoms with van der Waals surface area (Å²) in [4.78, 5) is 21.3. The second kappa shape index (κ2) is 6.98. The Bertz CT molecular complexity index is 630. The van der Waals surface area contributed by atoms with E-state index in [4.69, 9.17) is 34.8 Å². The van der Waals surface area contributed by atoms with Crippen LogP contribution in [-0.4, -0.2) is 23.6 Å². The van der Waals surface area contributed by atoms with Crippen molar-refractivity contribution >= 4 is 46.3 Å². The first-order valence-corrected chi connectivity index (χ1v) is 6.75. The van der Waals surface area contributed by atoms with Gasteiger partial charge in [-0.05, 0) is 12.1 Å². The Balaban J connectivity index is 0.000000304. The third-order valence-electron chi connectivity index (χ3n) is 2.44. The molecule has 0 spiro atoms. The minimum atomic E-state index is -2.11. The zero-order valence-corrected chi connectivity index (χ0v) is 13.4.